The number of para-hydroxylation sites is 1. The third-order valence-electron chi connectivity index (χ3n) is 2.09. The van der Waals surface area contributed by atoms with E-state index in [0.717, 1.165) is 16.9 Å². The summed E-state index contributed by atoms with van der Waals surface area (Å²) in [6.45, 7) is 0. The van der Waals surface area contributed by atoms with Crippen molar-refractivity contribution in [3.63, 3.8) is 0 Å². The summed E-state index contributed by atoms with van der Waals surface area (Å²) in [5.41, 5.74) is 8.18. The molecule has 2 rings (SSSR count). The van der Waals surface area contributed by atoms with Crippen molar-refractivity contribution in [1.82, 2.24) is 0 Å². The molecule has 0 aliphatic carbocycles. The highest BCUT2D eigenvalue weighted by Gasteiger charge is 2.09. The average Bonchev–Trinajstić information content (AvgIpc) is 2.64. The smallest absolute Gasteiger partial charge is 0.126 e. The minimum Gasteiger partial charge on any atom is -0.496 e. The molecule has 3 heteroatoms. The van der Waals surface area contributed by atoms with Crippen molar-refractivity contribution in [3.8, 4) is 16.9 Å². The van der Waals surface area contributed by atoms with Gasteiger partial charge in [-0.2, -0.15) is 0 Å². The van der Waals surface area contributed by atoms with E-state index in [1.165, 1.54) is 6.26 Å². The molecule has 0 bridgehead atoms. The van der Waals surface area contributed by atoms with Crippen LogP contribution >= 0.6 is 0 Å². The molecule has 1 aromatic carbocycles. The Morgan fingerprint density at radius 1 is 1.14 bits per heavy atom. The van der Waals surface area contributed by atoms with Gasteiger partial charge in [0.15, 0.2) is 0 Å². The van der Waals surface area contributed by atoms with E-state index in [-0.39, 0.29) is 0 Å². The van der Waals surface area contributed by atoms with Crippen LogP contribution < -0.4 is 10.5 Å². The highest BCUT2D eigenvalue weighted by Crippen LogP contribution is 2.33. The molecule has 72 valence electrons. The molecular weight excluding hydrogens is 178 g/mol. The summed E-state index contributed by atoms with van der Waals surface area (Å²) >= 11 is 0. The number of nitrogens with two attached hydrogens (primary N) is 1. The first-order valence-electron chi connectivity index (χ1n) is 4.28. The van der Waals surface area contributed by atoms with Gasteiger partial charge in [-0.1, -0.05) is 18.2 Å². The van der Waals surface area contributed by atoms with E-state index in [9.17, 15) is 0 Å². The Morgan fingerprint density at radius 2 is 1.93 bits per heavy atom. The molecule has 0 fully saturated rings. The van der Waals surface area contributed by atoms with Gasteiger partial charge < -0.3 is 14.9 Å². The summed E-state index contributed by atoms with van der Waals surface area (Å²) in [5.74, 6) is 0.792. The third kappa shape index (κ3) is 1.33. The zero-order valence-corrected chi connectivity index (χ0v) is 7.86. The predicted octanol–water partition coefficient (Wildman–Crippen LogP) is 2.54. The van der Waals surface area contributed by atoms with Crippen molar-refractivity contribution < 1.29 is 9.15 Å². The summed E-state index contributed by atoms with van der Waals surface area (Å²) in [4.78, 5) is 0. The van der Waals surface area contributed by atoms with Gasteiger partial charge in [-0.25, -0.2) is 0 Å². The molecule has 2 N–H and O–H groups in total. The first-order chi connectivity index (χ1) is 6.83. The number of furan rings is 1. The van der Waals surface area contributed by atoms with E-state index in [2.05, 4.69) is 0 Å². The SMILES string of the molecule is COc1ccccc1-c1cocc1N. The Morgan fingerprint density at radius 3 is 2.57 bits per heavy atom. The van der Waals surface area contributed by atoms with Crippen molar-refractivity contribution >= 4 is 5.69 Å². The quantitative estimate of drug-likeness (QED) is 0.789. The lowest BCUT2D eigenvalue weighted by Crippen LogP contribution is -1.89. The number of methoxy groups -OCH3 is 1. The van der Waals surface area contributed by atoms with Gasteiger partial charge in [0, 0.05) is 11.1 Å². The Kier molecular flexibility index (Phi) is 2.14. The van der Waals surface area contributed by atoms with Gasteiger partial charge in [0.05, 0.1) is 12.8 Å². The van der Waals surface area contributed by atoms with Crippen LogP contribution in [0.3, 0.4) is 0 Å². The molecule has 0 aliphatic rings. The third-order valence-corrected chi connectivity index (χ3v) is 2.09. The van der Waals surface area contributed by atoms with Crippen LogP contribution in [0.2, 0.25) is 0 Å². The number of hydrogen-bond acceptors (Lipinski definition) is 3. The summed E-state index contributed by atoms with van der Waals surface area (Å²) < 4.78 is 10.2. The Balaban J connectivity index is 2.56. The molecule has 0 saturated carbocycles. The van der Waals surface area contributed by atoms with E-state index in [4.69, 9.17) is 14.9 Å². The van der Waals surface area contributed by atoms with Crippen LogP contribution in [-0.2, 0) is 0 Å². The minimum absolute atomic E-state index is 0.620. The molecule has 0 saturated heterocycles. The number of benzene rings is 1. The van der Waals surface area contributed by atoms with Crippen LogP contribution in [0.25, 0.3) is 11.1 Å². The Hall–Kier alpha value is -1.90. The molecule has 1 heterocycles. The number of rotatable bonds is 2. The molecule has 14 heavy (non-hydrogen) atoms. The fraction of sp³-hybridized carbons (Fsp3) is 0.0909. The second-order valence-corrected chi connectivity index (χ2v) is 2.94. The average molecular weight is 189 g/mol. The molecule has 0 aliphatic heterocycles. The molecule has 0 radical (unpaired) electrons. The first kappa shape index (κ1) is 8.69. The number of hydrogen-bond donors (Lipinski definition) is 1. The molecule has 3 nitrogen and oxygen atoms in total. The molecule has 2 aromatic rings. The molecule has 0 spiro atoms. The lowest BCUT2D eigenvalue weighted by molar-refractivity contribution is 0.416. The van der Waals surface area contributed by atoms with Gasteiger partial charge in [0.25, 0.3) is 0 Å². The minimum atomic E-state index is 0.620. The van der Waals surface area contributed by atoms with E-state index in [1.54, 1.807) is 13.4 Å². The van der Waals surface area contributed by atoms with Gasteiger partial charge in [0.2, 0.25) is 0 Å². The second kappa shape index (κ2) is 3.46. The van der Waals surface area contributed by atoms with Gasteiger partial charge in [-0.15, -0.1) is 0 Å². The van der Waals surface area contributed by atoms with Crippen molar-refractivity contribution in [3.05, 3.63) is 36.8 Å². The molecule has 0 atom stereocenters. The van der Waals surface area contributed by atoms with Crippen LogP contribution in [0.5, 0.6) is 5.75 Å². The molecular formula is C11H11NO2. The molecule has 0 amide bonds. The van der Waals surface area contributed by atoms with Gasteiger partial charge in [-0.3, -0.25) is 0 Å². The van der Waals surface area contributed by atoms with Crippen molar-refractivity contribution in [1.29, 1.82) is 0 Å². The highest BCUT2D eigenvalue weighted by atomic mass is 16.5. The summed E-state index contributed by atoms with van der Waals surface area (Å²) in [6.07, 6.45) is 3.13. The molecule has 1 aromatic heterocycles. The largest absolute Gasteiger partial charge is 0.496 e. The van der Waals surface area contributed by atoms with Crippen LogP contribution in [-0.4, -0.2) is 7.11 Å². The zero-order valence-electron chi connectivity index (χ0n) is 7.86. The topological polar surface area (TPSA) is 48.4 Å². The first-order valence-corrected chi connectivity index (χ1v) is 4.28. The van der Waals surface area contributed by atoms with E-state index in [1.807, 2.05) is 24.3 Å². The van der Waals surface area contributed by atoms with Crippen molar-refractivity contribution in [2.45, 2.75) is 0 Å². The van der Waals surface area contributed by atoms with Gasteiger partial charge in [0.1, 0.15) is 18.3 Å². The summed E-state index contributed by atoms with van der Waals surface area (Å²) in [5, 5.41) is 0. The number of ether oxygens (including phenoxy) is 1. The fourth-order valence-electron chi connectivity index (χ4n) is 1.39. The maximum Gasteiger partial charge on any atom is 0.126 e. The maximum atomic E-state index is 5.75. The van der Waals surface area contributed by atoms with E-state index in [0.29, 0.717) is 5.69 Å². The van der Waals surface area contributed by atoms with Crippen molar-refractivity contribution in [2.24, 2.45) is 0 Å². The lowest BCUT2D eigenvalue weighted by Gasteiger charge is -2.06. The fourth-order valence-corrected chi connectivity index (χ4v) is 1.39. The normalized spacial score (nSPS) is 10.1. The summed E-state index contributed by atoms with van der Waals surface area (Å²) in [7, 11) is 1.63. The molecule has 0 unspecified atom stereocenters. The van der Waals surface area contributed by atoms with E-state index < -0.39 is 0 Å². The maximum absolute atomic E-state index is 5.75. The van der Waals surface area contributed by atoms with E-state index >= 15 is 0 Å². The predicted molar refractivity (Wildman–Crippen MR) is 55.1 cm³/mol. The van der Waals surface area contributed by atoms with Crippen LogP contribution in [0.4, 0.5) is 5.69 Å². The zero-order chi connectivity index (χ0) is 9.97. The summed E-state index contributed by atoms with van der Waals surface area (Å²) in [6, 6.07) is 7.69. The van der Waals surface area contributed by atoms with Gasteiger partial charge in [-0.05, 0) is 6.07 Å². The Bertz CT molecular complexity index is 434. The van der Waals surface area contributed by atoms with Crippen LogP contribution in [0.1, 0.15) is 0 Å². The van der Waals surface area contributed by atoms with Crippen molar-refractivity contribution in [2.75, 3.05) is 12.8 Å². The lowest BCUT2D eigenvalue weighted by atomic mass is 10.1. The van der Waals surface area contributed by atoms with Crippen LogP contribution in [0, 0.1) is 0 Å². The van der Waals surface area contributed by atoms with Gasteiger partial charge >= 0.3 is 0 Å². The van der Waals surface area contributed by atoms with Crippen LogP contribution in [0.15, 0.2) is 41.2 Å². The Labute approximate surface area is 82.1 Å². The highest BCUT2D eigenvalue weighted by molar-refractivity contribution is 5.79. The number of anilines is 1. The number of nitrogen functional groups attached to an aromatic ring is 1. The standard InChI is InChI=1S/C11H11NO2/c1-13-11-5-3-2-4-8(11)9-6-14-7-10(9)12/h2-7H,12H2,1H3. The second-order valence-electron chi connectivity index (χ2n) is 2.94. The monoisotopic (exact) mass is 189 g/mol.